The molecule has 2 N–H and O–H groups in total. The number of hydrogen-bond donors (Lipinski definition) is 2. The quantitative estimate of drug-likeness (QED) is 0.755. The second kappa shape index (κ2) is 7.87. The van der Waals surface area contributed by atoms with E-state index in [2.05, 4.69) is 10.0 Å². The lowest BCUT2D eigenvalue weighted by atomic mass is 9.86. The molecule has 0 atom stereocenters. The van der Waals surface area contributed by atoms with Crippen molar-refractivity contribution in [1.82, 2.24) is 4.72 Å². The van der Waals surface area contributed by atoms with Crippen LogP contribution in [0.4, 0.5) is 5.69 Å². The average Bonchev–Trinajstić information content (AvgIpc) is 2.53. The van der Waals surface area contributed by atoms with Gasteiger partial charge in [-0.2, -0.15) is 0 Å². The number of Topliss-reactive ketones (excluding diaryl/α,β-unsaturated/α-hetero) is 1. The number of carbonyl (C=O) groups is 1. The molecule has 0 unspecified atom stereocenters. The number of hydrogen-bond acceptors (Lipinski definition) is 4. The largest absolute Gasteiger partial charge is 0.385 e. The van der Waals surface area contributed by atoms with Crippen molar-refractivity contribution < 1.29 is 13.2 Å². The Labute approximate surface area is 151 Å². The number of rotatable bonds is 6. The van der Waals surface area contributed by atoms with Crippen LogP contribution in [-0.2, 0) is 10.0 Å². The maximum Gasteiger partial charge on any atom is 0.216 e. The van der Waals surface area contributed by atoms with Crippen LogP contribution in [0.5, 0.6) is 0 Å². The van der Waals surface area contributed by atoms with Crippen LogP contribution in [0.25, 0.3) is 0 Å². The van der Waals surface area contributed by atoms with Gasteiger partial charge in [-0.25, -0.2) is 13.1 Å². The van der Waals surface area contributed by atoms with Crippen molar-refractivity contribution >= 4 is 21.5 Å². The monoisotopic (exact) mass is 366 g/mol. The van der Waals surface area contributed by atoms with Crippen molar-refractivity contribution in [3.05, 3.63) is 29.8 Å². The third kappa shape index (κ3) is 5.54. The zero-order valence-corrected chi connectivity index (χ0v) is 16.4. The van der Waals surface area contributed by atoms with Crippen LogP contribution in [0.3, 0.4) is 0 Å². The van der Waals surface area contributed by atoms with Crippen molar-refractivity contribution in [2.24, 2.45) is 5.92 Å². The Morgan fingerprint density at radius 3 is 2.36 bits per heavy atom. The number of benzene rings is 1. The van der Waals surface area contributed by atoms with Gasteiger partial charge in [-0.1, -0.05) is 12.1 Å². The van der Waals surface area contributed by atoms with Gasteiger partial charge in [0.2, 0.25) is 10.0 Å². The van der Waals surface area contributed by atoms with Crippen molar-refractivity contribution in [3.8, 4) is 0 Å². The molecular weight excluding hydrogens is 336 g/mol. The van der Waals surface area contributed by atoms with Crippen LogP contribution in [0, 0.1) is 5.92 Å². The Kier molecular flexibility index (Phi) is 6.27. The standard InChI is InChI=1S/C19H30N2O3S/c1-14(22)16-6-5-7-18(12-16)20-13-15-8-10-17(11-9-15)21-25(23,24)19(2,3)4/h5-7,12,15,17,20-21H,8-11,13H2,1-4H3/t15-,17-. The number of ketones is 1. The van der Waals surface area contributed by atoms with E-state index < -0.39 is 14.8 Å². The summed E-state index contributed by atoms with van der Waals surface area (Å²) in [6.07, 6.45) is 3.73. The van der Waals surface area contributed by atoms with Crippen LogP contribution < -0.4 is 10.0 Å². The number of sulfonamides is 1. The molecule has 1 aromatic carbocycles. The fourth-order valence-corrected chi connectivity index (χ4v) is 4.02. The topological polar surface area (TPSA) is 75.3 Å². The van der Waals surface area contributed by atoms with E-state index >= 15 is 0 Å². The van der Waals surface area contributed by atoms with E-state index in [0.29, 0.717) is 11.5 Å². The first-order valence-corrected chi connectivity index (χ1v) is 10.4. The molecule has 0 radical (unpaired) electrons. The lowest BCUT2D eigenvalue weighted by molar-refractivity contribution is 0.101. The highest BCUT2D eigenvalue weighted by Gasteiger charge is 2.32. The molecule has 2 rings (SSSR count). The minimum Gasteiger partial charge on any atom is -0.385 e. The molecule has 6 heteroatoms. The number of nitrogens with one attached hydrogen (secondary N) is 2. The molecule has 0 aromatic heterocycles. The van der Waals surface area contributed by atoms with Gasteiger partial charge in [0.1, 0.15) is 0 Å². The van der Waals surface area contributed by atoms with Crippen LogP contribution in [0.1, 0.15) is 63.7 Å². The molecular formula is C19H30N2O3S. The molecule has 0 spiro atoms. The van der Waals surface area contributed by atoms with E-state index in [1.54, 1.807) is 27.7 Å². The van der Waals surface area contributed by atoms with E-state index in [-0.39, 0.29) is 11.8 Å². The summed E-state index contributed by atoms with van der Waals surface area (Å²) in [6, 6.07) is 7.60. The number of carbonyl (C=O) groups excluding carboxylic acids is 1. The molecule has 140 valence electrons. The van der Waals surface area contributed by atoms with Crippen molar-refractivity contribution in [1.29, 1.82) is 0 Å². The molecule has 1 aromatic rings. The molecule has 25 heavy (non-hydrogen) atoms. The lowest BCUT2D eigenvalue weighted by Gasteiger charge is -2.31. The van der Waals surface area contributed by atoms with Gasteiger partial charge in [-0.3, -0.25) is 4.79 Å². The molecule has 0 aliphatic heterocycles. The highest BCUT2D eigenvalue weighted by molar-refractivity contribution is 7.90. The first-order chi connectivity index (χ1) is 11.6. The van der Waals surface area contributed by atoms with E-state index in [0.717, 1.165) is 37.9 Å². The summed E-state index contributed by atoms with van der Waals surface area (Å²) in [7, 11) is -3.28. The van der Waals surface area contributed by atoms with E-state index in [9.17, 15) is 13.2 Å². The molecule has 0 amide bonds. The SMILES string of the molecule is CC(=O)c1cccc(NC[C@H]2CC[C@H](NS(=O)(=O)C(C)(C)C)CC2)c1. The van der Waals surface area contributed by atoms with Crippen LogP contribution in [0.2, 0.25) is 0 Å². The maximum atomic E-state index is 12.2. The fourth-order valence-electron chi connectivity index (χ4n) is 2.99. The van der Waals surface area contributed by atoms with Gasteiger partial charge in [0, 0.05) is 23.8 Å². The molecule has 0 bridgehead atoms. The first-order valence-electron chi connectivity index (χ1n) is 8.95. The van der Waals surface area contributed by atoms with Gasteiger partial charge < -0.3 is 5.32 Å². The Balaban J connectivity index is 1.81. The van der Waals surface area contributed by atoms with Crippen LogP contribution in [0.15, 0.2) is 24.3 Å². The maximum absolute atomic E-state index is 12.2. The lowest BCUT2D eigenvalue weighted by Crippen LogP contribution is -2.46. The van der Waals surface area contributed by atoms with E-state index in [4.69, 9.17) is 0 Å². The molecule has 1 saturated carbocycles. The molecule has 1 aliphatic carbocycles. The van der Waals surface area contributed by atoms with Crippen LogP contribution in [-0.4, -0.2) is 31.5 Å². The summed E-state index contributed by atoms with van der Waals surface area (Å²) in [5, 5.41) is 3.41. The third-order valence-electron chi connectivity index (χ3n) is 4.84. The van der Waals surface area contributed by atoms with Gasteiger partial charge in [0.15, 0.2) is 5.78 Å². The second-order valence-corrected chi connectivity index (χ2v) is 10.4. The minimum atomic E-state index is -3.28. The Hall–Kier alpha value is -1.40. The summed E-state index contributed by atoms with van der Waals surface area (Å²) in [6.45, 7) is 7.58. The normalized spacial score (nSPS) is 21.8. The van der Waals surface area contributed by atoms with Crippen molar-refractivity contribution in [3.63, 3.8) is 0 Å². The average molecular weight is 367 g/mol. The van der Waals surface area contributed by atoms with Gasteiger partial charge in [-0.15, -0.1) is 0 Å². The van der Waals surface area contributed by atoms with Crippen molar-refractivity contribution in [2.75, 3.05) is 11.9 Å². The van der Waals surface area contributed by atoms with E-state index in [1.165, 1.54) is 0 Å². The zero-order chi connectivity index (χ0) is 18.7. The highest BCUT2D eigenvalue weighted by atomic mass is 32.2. The second-order valence-electron chi connectivity index (χ2n) is 7.97. The van der Waals surface area contributed by atoms with Gasteiger partial charge in [0.25, 0.3) is 0 Å². The molecule has 5 nitrogen and oxygen atoms in total. The highest BCUT2D eigenvalue weighted by Crippen LogP contribution is 2.26. The summed E-state index contributed by atoms with van der Waals surface area (Å²) in [5.74, 6) is 0.590. The first kappa shape index (κ1) is 19.9. The molecule has 1 fully saturated rings. The fraction of sp³-hybridized carbons (Fsp3) is 0.632. The van der Waals surface area contributed by atoms with E-state index in [1.807, 2.05) is 24.3 Å². The summed E-state index contributed by atoms with van der Waals surface area (Å²) >= 11 is 0. The Bertz CT molecular complexity index is 700. The van der Waals surface area contributed by atoms with Gasteiger partial charge in [0.05, 0.1) is 4.75 Å². The summed E-state index contributed by atoms with van der Waals surface area (Å²) in [4.78, 5) is 11.4. The third-order valence-corrected chi connectivity index (χ3v) is 7.09. The zero-order valence-electron chi connectivity index (χ0n) is 15.6. The van der Waals surface area contributed by atoms with Gasteiger partial charge >= 0.3 is 0 Å². The Morgan fingerprint density at radius 2 is 1.80 bits per heavy atom. The van der Waals surface area contributed by atoms with Gasteiger partial charge in [-0.05, 0) is 71.4 Å². The molecule has 0 heterocycles. The Morgan fingerprint density at radius 1 is 1.16 bits per heavy atom. The predicted molar refractivity (Wildman–Crippen MR) is 102 cm³/mol. The summed E-state index contributed by atoms with van der Waals surface area (Å²) in [5.41, 5.74) is 1.67. The van der Waals surface area contributed by atoms with Crippen LogP contribution >= 0.6 is 0 Å². The molecule has 1 aliphatic rings. The minimum absolute atomic E-state index is 0.0431. The van der Waals surface area contributed by atoms with Crippen molar-refractivity contribution in [2.45, 2.75) is 64.2 Å². The summed E-state index contributed by atoms with van der Waals surface area (Å²) < 4.78 is 26.6. The smallest absolute Gasteiger partial charge is 0.216 e. The predicted octanol–water partition coefficient (Wildman–Crippen LogP) is 3.58. The number of anilines is 1. The molecule has 0 saturated heterocycles.